The Morgan fingerprint density at radius 1 is 0.696 bits per heavy atom. The first-order valence-corrected chi connectivity index (χ1v) is 15.9. The molecule has 7 aromatic rings. The van der Waals surface area contributed by atoms with Crippen LogP contribution in [0.5, 0.6) is 11.5 Å². The quantitative estimate of drug-likeness (QED) is 0.145. The van der Waals surface area contributed by atoms with Crippen molar-refractivity contribution < 1.29 is 9.30 Å². The molecule has 5 nitrogen and oxygen atoms in total. The molecule has 3 aromatic heterocycles. The molecule has 0 aliphatic rings. The van der Waals surface area contributed by atoms with Crippen molar-refractivity contribution in [3.05, 3.63) is 137 Å². The zero-order chi connectivity index (χ0) is 32.3. The monoisotopic (exact) mass is 604 g/mol. The Morgan fingerprint density at radius 2 is 1.43 bits per heavy atom. The SMILES string of the molecule is Cc1cc(C)c(-[n+]2[c-]n(-c3cccc(Oc4ccc5c6ccccc6n(-c6cc(C(C)(C)C)ccn6)c5c4)c3)c(C)c2C)cc1C. The van der Waals surface area contributed by atoms with Crippen molar-refractivity contribution in [3.8, 4) is 28.7 Å². The summed E-state index contributed by atoms with van der Waals surface area (Å²) in [4.78, 5) is 4.82. The zero-order valence-corrected chi connectivity index (χ0v) is 27.9. The highest BCUT2D eigenvalue weighted by Gasteiger charge is 2.19. The number of benzene rings is 4. The van der Waals surface area contributed by atoms with Gasteiger partial charge < -0.3 is 4.74 Å². The maximum atomic E-state index is 6.56. The molecule has 0 aliphatic heterocycles. The van der Waals surface area contributed by atoms with Gasteiger partial charge in [-0.15, -0.1) is 0 Å². The molecule has 0 aliphatic carbocycles. The predicted octanol–water partition coefficient (Wildman–Crippen LogP) is 9.68. The maximum Gasteiger partial charge on any atom is 0.269 e. The summed E-state index contributed by atoms with van der Waals surface area (Å²) in [5.41, 5.74) is 11.7. The summed E-state index contributed by atoms with van der Waals surface area (Å²) in [7, 11) is 0. The molecule has 3 heterocycles. The number of aryl methyl sites for hydroxylation is 3. The topological polar surface area (TPSA) is 35.9 Å². The van der Waals surface area contributed by atoms with E-state index in [9.17, 15) is 0 Å². The average Bonchev–Trinajstić information content (AvgIpc) is 3.52. The van der Waals surface area contributed by atoms with Crippen LogP contribution in [0.2, 0.25) is 0 Å². The first-order chi connectivity index (χ1) is 22.0. The third-order valence-corrected chi connectivity index (χ3v) is 9.24. The highest BCUT2D eigenvalue weighted by Crippen LogP contribution is 2.36. The first kappa shape index (κ1) is 29.5. The molecule has 0 bridgehead atoms. The molecule has 0 N–H and O–H groups in total. The predicted molar refractivity (Wildman–Crippen MR) is 187 cm³/mol. The van der Waals surface area contributed by atoms with E-state index in [0.717, 1.165) is 51.1 Å². The summed E-state index contributed by atoms with van der Waals surface area (Å²) in [5.74, 6) is 2.44. The summed E-state index contributed by atoms with van der Waals surface area (Å²) < 4.78 is 13.1. The molecule has 0 atom stereocenters. The van der Waals surface area contributed by atoms with Crippen LogP contribution in [-0.2, 0) is 5.41 Å². The van der Waals surface area contributed by atoms with Gasteiger partial charge in [0.25, 0.3) is 6.33 Å². The van der Waals surface area contributed by atoms with Gasteiger partial charge in [0, 0.05) is 23.0 Å². The van der Waals surface area contributed by atoms with Crippen LogP contribution in [-0.4, -0.2) is 14.1 Å². The number of para-hydroxylation sites is 1. The van der Waals surface area contributed by atoms with Crippen molar-refractivity contribution in [2.24, 2.45) is 0 Å². The molecule has 0 spiro atoms. The lowest BCUT2D eigenvalue weighted by Crippen LogP contribution is -2.33. The van der Waals surface area contributed by atoms with E-state index in [4.69, 9.17) is 9.72 Å². The lowest BCUT2D eigenvalue weighted by molar-refractivity contribution is -0.606. The minimum absolute atomic E-state index is 0.0148. The Kier molecular flexibility index (Phi) is 7.08. The van der Waals surface area contributed by atoms with E-state index in [1.807, 2.05) is 18.3 Å². The van der Waals surface area contributed by atoms with Gasteiger partial charge in [-0.3, -0.25) is 13.7 Å². The van der Waals surface area contributed by atoms with Crippen LogP contribution in [0, 0.1) is 40.9 Å². The van der Waals surface area contributed by atoms with E-state index < -0.39 is 0 Å². The Hall–Kier alpha value is -5.16. The second-order valence-electron chi connectivity index (χ2n) is 13.4. The highest BCUT2D eigenvalue weighted by atomic mass is 16.5. The lowest BCUT2D eigenvalue weighted by Gasteiger charge is -2.20. The summed E-state index contributed by atoms with van der Waals surface area (Å²) in [5, 5.41) is 2.36. The van der Waals surface area contributed by atoms with Crippen molar-refractivity contribution >= 4 is 21.8 Å². The van der Waals surface area contributed by atoms with E-state index >= 15 is 0 Å². The van der Waals surface area contributed by atoms with Crippen molar-refractivity contribution in [1.82, 2.24) is 14.1 Å². The standard InChI is InChI=1S/C41H40N4O/c1-26-20-28(3)38(21-27(26)2)44-25-43(29(4)30(44)5)32-12-11-13-33(23-32)46-34-16-17-36-35-14-9-10-15-37(35)45(39(36)24-34)40-22-31(18-19-42-40)41(6,7)8/h9-24H,1-8H3. The average molecular weight is 605 g/mol. The summed E-state index contributed by atoms with van der Waals surface area (Å²) in [6, 6.07) is 31.9. The molecule has 0 unspecified atom stereocenters. The van der Waals surface area contributed by atoms with Crippen molar-refractivity contribution in [3.63, 3.8) is 0 Å². The fourth-order valence-electron chi connectivity index (χ4n) is 6.34. The molecular weight excluding hydrogens is 564 g/mol. The van der Waals surface area contributed by atoms with Crippen LogP contribution in [0.1, 0.15) is 54.4 Å². The lowest BCUT2D eigenvalue weighted by atomic mass is 9.88. The van der Waals surface area contributed by atoms with E-state index in [1.165, 1.54) is 33.0 Å². The van der Waals surface area contributed by atoms with Crippen molar-refractivity contribution in [1.29, 1.82) is 0 Å². The van der Waals surface area contributed by atoms with E-state index in [-0.39, 0.29) is 5.41 Å². The highest BCUT2D eigenvalue weighted by molar-refractivity contribution is 6.09. The molecule has 0 saturated heterocycles. The number of ether oxygens (including phenoxy) is 1. The fraction of sp³-hybridized carbons (Fsp3) is 0.220. The van der Waals surface area contributed by atoms with Crippen molar-refractivity contribution in [2.75, 3.05) is 0 Å². The number of pyridine rings is 1. The number of nitrogens with zero attached hydrogens (tertiary/aromatic N) is 4. The molecule has 0 saturated carbocycles. The van der Waals surface area contributed by atoms with Crippen LogP contribution < -0.4 is 9.30 Å². The van der Waals surface area contributed by atoms with Gasteiger partial charge in [0.15, 0.2) is 0 Å². The third-order valence-electron chi connectivity index (χ3n) is 9.24. The number of hydrogen-bond donors (Lipinski definition) is 0. The second-order valence-corrected chi connectivity index (χ2v) is 13.4. The zero-order valence-electron chi connectivity index (χ0n) is 27.9. The number of aromatic nitrogens is 4. The molecule has 230 valence electrons. The van der Waals surface area contributed by atoms with Crippen LogP contribution in [0.25, 0.3) is 39.0 Å². The van der Waals surface area contributed by atoms with Gasteiger partial charge in [-0.25, -0.2) is 4.98 Å². The normalized spacial score (nSPS) is 11.9. The molecule has 0 fully saturated rings. The van der Waals surface area contributed by atoms with Crippen LogP contribution in [0.4, 0.5) is 0 Å². The summed E-state index contributed by atoms with van der Waals surface area (Å²) >= 11 is 0. The van der Waals surface area contributed by atoms with Crippen LogP contribution in [0.3, 0.4) is 0 Å². The largest absolute Gasteiger partial charge is 0.458 e. The maximum absolute atomic E-state index is 6.56. The van der Waals surface area contributed by atoms with Crippen molar-refractivity contribution in [2.45, 2.75) is 60.8 Å². The number of rotatable bonds is 5. The Balaban J connectivity index is 1.28. The van der Waals surface area contributed by atoms with E-state index in [0.29, 0.717) is 0 Å². The van der Waals surface area contributed by atoms with Gasteiger partial charge in [-0.2, -0.15) is 0 Å². The van der Waals surface area contributed by atoms with Gasteiger partial charge in [-0.05, 0) is 111 Å². The molecule has 0 amide bonds. The summed E-state index contributed by atoms with van der Waals surface area (Å²) in [6.45, 7) is 17.5. The Morgan fingerprint density at radius 3 is 2.24 bits per heavy atom. The first-order valence-electron chi connectivity index (χ1n) is 15.9. The molecule has 0 radical (unpaired) electrons. The Bertz CT molecular complexity index is 2280. The minimum Gasteiger partial charge on any atom is -0.458 e. The van der Waals surface area contributed by atoms with Gasteiger partial charge in [0.1, 0.15) is 17.3 Å². The summed E-state index contributed by atoms with van der Waals surface area (Å²) in [6.07, 6.45) is 5.52. The fourth-order valence-corrected chi connectivity index (χ4v) is 6.34. The molecular formula is C41H40N4O. The van der Waals surface area contributed by atoms with Gasteiger partial charge >= 0.3 is 0 Å². The minimum atomic E-state index is 0.0148. The smallest absolute Gasteiger partial charge is 0.269 e. The molecule has 5 heteroatoms. The third kappa shape index (κ3) is 5.06. The molecule has 4 aromatic carbocycles. The second kappa shape index (κ2) is 11.0. The van der Waals surface area contributed by atoms with E-state index in [2.05, 4.69) is 154 Å². The van der Waals surface area contributed by atoms with Gasteiger partial charge in [0.2, 0.25) is 0 Å². The molecule has 7 rings (SSSR count). The number of imidazole rings is 1. The van der Waals surface area contributed by atoms with Gasteiger partial charge in [-0.1, -0.05) is 56.7 Å². The number of fused-ring (bicyclic) bond motifs is 3. The van der Waals surface area contributed by atoms with Crippen LogP contribution in [0.15, 0.2) is 97.2 Å². The Labute approximate surface area is 271 Å². The van der Waals surface area contributed by atoms with Crippen LogP contribution >= 0.6 is 0 Å². The van der Waals surface area contributed by atoms with E-state index in [1.54, 1.807) is 0 Å². The molecule has 46 heavy (non-hydrogen) atoms. The number of hydrogen-bond acceptors (Lipinski definition) is 2. The van der Waals surface area contributed by atoms with Gasteiger partial charge in [0.05, 0.1) is 33.8 Å².